The van der Waals surface area contributed by atoms with Gasteiger partial charge in [-0.15, -0.1) is 0 Å². The van der Waals surface area contributed by atoms with E-state index in [2.05, 4.69) is 68.3 Å². The van der Waals surface area contributed by atoms with Crippen molar-refractivity contribution in [3.63, 3.8) is 0 Å². The minimum Gasteiger partial charge on any atom is -0.482 e. The average molecular weight is 651 g/mol. The van der Waals surface area contributed by atoms with Crippen molar-refractivity contribution >= 4 is 5.71 Å². The third-order valence-electron chi connectivity index (χ3n) is 8.55. The first kappa shape index (κ1) is 32.1. The first-order chi connectivity index (χ1) is 24.3. The molecule has 246 valence electrons. The van der Waals surface area contributed by atoms with Crippen LogP contribution in [0.4, 0.5) is 0 Å². The van der Waals surface area contributed by atoms with Crippen LogP contribution in [0, 0.1) is 17.8 Å². The molecule has 1 fully saturated rings. The van der Waals surface area contributed by atoms with Gasteiger partial charge in [0, 0.05) is 43.1 Å². The average Bonchev–Trinajstić information content (AvgIpc) is 3.63. The molecule has 1 saturated heterocycles. The second-order valence-electron chi connectivity index (χ2n) is 12.1. The van der Waals surface area contributed by atoms with Gasteiger partial charge in [0.05, 0.1) is 24.6 Å². The number of rotatable bonds is 11. The highest BCUT2D eigenvalue weighted by molar-refractivity contribution is 6.03. The van der Waals surface area contributed by atoms with E-state index in [9.17, 15) is 0 Å². The van der Waals surface area contributed by atoms with Crippen LogP contribution >= 0.6 is 0 Å². The predicted octanol–water partition coefficient (Wildman–Crippen LogP) is 6.46. The molecule has 0 N–H and O–H groups in total. The van der Waals surface area contributed by atoms with Crippen molar-refractivity contribution in [2.75, 3.05) is 32.9 Å². The van der Waals surface area contributed by atoms with E-state index in [1.165, 1.54) is 11.9 Å². The van der Waals surface area contributed by atoms with Gasteiger partial charge in [0.15, 0.2) is 0 Å². The summed E-state index contributed by atoms with van der Waals surface area (Å²) in [7, 11) is 0. The summed E-state index contributed by atoms with van der Waals surface area (Å²) < 4.78 is 18.0. The lowest BCUT2D eigenvalue weighted by atomic mass is 9.93. The summed E-state index contributed by atoms with van der Waals surface area (Å²) in [6.45, 7) is 5.69. The zero-order chi connectivity index (χ0) is 33.1. The highest BCUT2D eigenvalue weighted by Crippen LogP contribution is 2.32. The van der Waals surface area contributed by atoms with E-state index in [1.807, 2.05) is 72.8 Å². The predicted molar refractivity (Wildman–Crippen MR) is 188 cm³/mol. The molecule has 3 heterocycles. The maximum atomic E-state index is 6.36. The van der Waals surface area contributed by atoms with Crippen molar-refractivity contribution in [1.29, 1.82) is 0 Å². The smallest absolute Gasteiger partial charge is 0.260 e. The molecule has 4 aromatic carbocycles. The molecule has 0 saturated carbocycles. The Labute approximate surface area is 287 Å². The van der Waals surface area contributed by atoms with Gasteiger partial charge in [0.1, 0.15) is 26.1 Å². The third-order valence-corrected chi connectivity index (χ3v) is 8.55. The highest BCUT2D eigenvalue weighted by atomic mass is 16.6. The number of ether oxygens (including phenoxy) is 3. The molecular weight excluding hydrogens is 612 g/mol. The second-order valence-corrected chi connectivity index (χ2v) is 12.1. The van der Waals surface area contributed by atoms with Crippen molar-refractivity contribution in [1.82, 2.24) is 14.9 Å². The summed E-state index contributed by atoms with van der Waals surface area (Å²) in [6.07, 6.45) is 2.08. The lowest BCUT2D eigenvalue weighted by molar-refractivity contribution is 0.0342. The molecule has 1 aromatic heterocycles. The summed E-state index contributed by atoms with van der Waals surface area (Å²) >= 11 is 0. The molecule has 0 aliphatic carbocycles. The third kappa shape index (κ3) is 8.71. The number of oxime groups is 1. The maximum absolute atomic E-state index is 6.36. The Hall–Kier alpha value is -5.49. The van der Waals surface area contributed by atoms with E-state index in [0.29, 0.717) is 37.9 Å². The van der Waals surface area contributed by atoms with Crippen LogP contribution in [0.2, 0.25) is 0 Å². The fourth-order valence-corrected chi connectivity index (χ4v) is 5.85. The van der Waals surface area contributed by atoms with Crippen molar-refractivity contribution in [3.8, 4) is 23.5 Å². The van der Waals surface area contributed by atoms with Gasteiger partial charge in [0.2, 0.25) is 5.75 Å². The van der Waals surface area contributed by atoms with Crippen LogP contribution in [0.25, 0.3) is 0 Å². The Kier molecular flexibility index (Phi) is 10.5. The van der Waals surface area contributed by atoms with Crippen LogP contribution in [-0.2, 0) is 35.8 Å². The number of hydrogen-bond acceptors (Lipinski definition) is 8. The molecule has 0 spiro atoms. The van der Waals surface area contributed by atoms with Gasteiger partial charge < -0.3 is 19.0 Å². The highest BCUT2D eigenvalue weighted by Gasteiger charge is 2.28. The molecular formula is C41H38N4O4. The lowest BCUT2D eigenvalue weighted by Crippen LogP contribution is -2.35. The first-order valence-corrected chi connectivity index (χ1v) is 16.7. The zero-order valence-electron chi connectivity index (χ0n) is 27.3. The summed E-state index contributed by atoms with van der Waals surface area (Å²) in [5.74, 6) is 7.52. The Morgan fingerprint density at radius 3 is 2.00 bits per heavy atom. The van der Waals surface area contributed by atoms with Crippen LogP contribution in [0.1, 0.15) is 39.1 Å². The Balaban J connectivity index is 1.03. The lowest BCUT2D eigenvalue weighted by Gasteiger charge is -2.26. The van der Waals surface area contributed by atoms with E-state index in [1.54, 1.807) is 0 Å². The van der Waals surface area contributed by atoms with Crippen molar-refractivity contribution < 1.29 is 19.0 Å². The Morgan fingerprint density at radius 1 is 0.694 bits per heavy atom. The number of benzene rings is 4. The topological polar surface area (TPSA) is 78.3 Å². The molecule has 1 atom stereocenters. The van der Waals surface area contributed by atoms with E-state index in [-0.39, 0.29) is 5.92 Å². The molecule has 49 heavy (non-hydrogen) atoms. The van der Waals surface area contributed by atoms with Crippen LogP contribution in [0.5, 0.6) is 11.6 Å². The molecule has 8 heteroatoms. The fourth-order valence-electron chi connectivity index (χ4n) is 5.85. The maximum Gasteiger partial charge on any atom is 0.260 e. The molecule has 0 amide bonds. The molecule has 0 bridgehead atoms. The van der Waals surface area contributed by atoms with Gasteiger partial charge in [-0.05, 0) is 46.5 Å². The fraction of sp³-hybridized carbons (Fsp3) is 0.244. The van der Waals surface area contributed by atoms with Gasteiger partial charge in [0.25, 0.3) is 5.88 Å². The molecule has 2 aliphatic heterocycles. The molecule has 0 radical (unpaired) electrons. The SMILES string of the molecule is C(#Cc1ccc(C2=NOCC2Cc2ncnc(OCc3ccccc3)c2OCc2ccccc2)cc1)c1ccc(CN2CCOCC2)cc1. The zero-order valence-corrected chi connectivity index (χ0v) is 27.3. The van der Waals surface area contributed by atoms with Crippen molar-refractivity contribution in [2.24, 2.45) is 11.1 Å². The van der Waals surface area contributed by atoms with Crippen LogP contribution in [0.3, 0.4) is 0 Å². The molecule has 7 rings (SSSR count). The number of nitrogens with zero attached hydrogens (tertiary/aromatic N) is 4. The van der Waals surface area contributed by atoms with Crippen LogP contribution in [0.15, 0.2) is 121 Å². The van der Waals surface area contributed by atoms with E-state index >= 15 is 0 Å². The van der Waals surface area contributed by atoms with Gasteiger partial charge in [-0.3, -0.25) is 4.90 Å². The first-order valence-electron chi connectivity index (χ1n) is 16.7. The molecule has 1 unspecified atom stereocenters. The molecule has 5 aromatic rings. The number of morpholine rings is 1. The summed E-state index contributed by atoms with van der Waals surface area (Å²) in [6, 6.07) is 36.7. The Bertz CT molecular complexity index is 1900. The van der Waals surface area contributed by atoms with Gasteiger partial charge in [-0.2, -0.15) is 4.98 Å². The second kappa shape index (κ2) is 16.1. The quantitative estimate of drug-likeness (QED) is 0.152. The summed E-state index contributed by atoms with van der Waals surface area (Å²) in [4.78, 5) is 17.2. The van der Waals surface area contributed by atoms with E-state index in [4.69, 9.17) is 19.0 Å². The Morgan fingerprint density at radius 2 is 1.33 bits per heavy atom. The monoisotopic (exact) mass is 650 g/mol. The van der Waals surface area contributed by atoms with Crippen LogP contribution in [-0.4, -0.2) is 53.5 Å². The number of hydrogen-bond donors (Lipinski definition) is 0. The van der Waals surface area contributed by atoms with Gasteiger partial charge in [-0.25, -0.2) is 4.98 Å². The van der Waals surface area contributed by atoms with Gasteiger partial charge >= 0.3 is 0 Å². The standard InChI is InChI=1S/C41H38N4O4/c1-3-7-34(8-4-1)27-47-40-38(42-30-43-41(40)48-28-35-9-5-2-6-10-35)25-37-29-49-44-39(37)36-19-17-32(18-20-36)12-11-31-13-15-33(16-14-31)26-45-21-23-46-24-22-45/h1-10,13-20,30,37H,21-29H2. The van der Waals surface area contributed by atoms with Crippen molar-refractivity contribution in [2.45, 2.75) is 26.2 Å². The number of aromatic nitrogens is 2. The van der Waals surface area contributed by atoms with Crippen LogP contribution < -0.4 is 9.47 Å². The summed E-state index contributed by atoms with van der Waals surface area (Å²) in [5, 5.41) is 4.43. The summed E-state index contributed by atoms with van der Waals surface area (Å²) in [5.41, 5.74) is 7.91. The minimum absolute atomic E-state index is 0.0242. The normalized spacial score (nSPS) is 15.8. The molecule has 2 aliphatic rings. The van der Waals surface area contributed by atoms with E-state index in [0.717, 1.165) is 72.1 Å². The largest absolute Gasteiger partial charge is 0.482 e. The van der Waals surface area contributed by atoms with Gasteiger partial charge in [-0.1, -0.05) is 102 Å². The minimum atomic E-state index is -0.0242. The van der Waals surface area contributed by atoms with Crippen molar-refractivity contribution in [3.05, 3.63) is 155 Å². The van der Waals surface area contributed by atoms with E-state index < -0.39 is 0 Å². The molecule has 8 nitrogen and oxygen atoms in total.